The standard InChI is InChI=1S/C25H19Cl2NO4/c1-14-8-10-17(26)13-19(14)28-22(15-6-4-3-5-7-15)21(24(30)25(28)31)23(29)16-9-11-18(27)20(12-16)32-2/h3-13,22,29H,1-2H3/b23-21+. The molecule has 3 aromatic carbocycles. The Morgan fingerprint density at radius 3 is 2.41 bits per heavy atom. The number of hydrogen-bond donors (Lipinski definition) is 1. The molecule has 32 heavy (non-hydrogen) atoms. The lowest BCUT2D eigenvalue weighted by Gasteiger charge is -2.27. The van der Waals surface area contributed by atoms with Crippen molar-refractivity contribution < 1.29 is 19.4 Å². The minimum Gasteiger partial charge on any atom is -0.507 e. The van der Waals surface area contributed by atoms with Crippen LogP contribution < -0.4 is 9.64 Å². The second-order valence-electron chi connectivity index (χ2n) is 7.36. The second kappa shape index (κ2) is 8.69. The smallest absolute Gasteiger partial charge is 0.300 e. The molecule has 0 radical (unpaired) electrons. The zero-order valence-electron chi connectivity index (χ0n) is 17.3. The molecule has 0 saturated carbocycles. The molecule has 1 aliphatic rings. The van der Waals surface area contributed by atoms with E-state index in [0.29, 0.717) is 32.6 Å². The van der Waals surface area contributed by atoms with E-state index in [0.717, 1.165) is 5.56 Å². The molecule has 4 rings (SSSR count). The monoisotopic (exact) mass is 467 g/mol. The quantitative estimate of drug-likeness (QED) is 0.293. The van der Waals surface area contributed by atoms with Crippen molar-refractivity contribution in [2.45, 2.75) is 13.0 Å². The lowest BCUT2D eigenvalue weighted by atomic mass is 9.95. The van der Waals surface area contributed by atoms with Gasteiger partial charge in [-0.3, -0.25) is 14.5 Å². The molecule has 1 saturated heterocycles. The van der Waals surface area contributed by atoms with Gasteiger partial charge in [0.2, 0.25) is 0 Å². The Morgan fingerprint density at radius 1 is 1.00 bits per heavy atom. The van der Waals surface area contributed by atoms with Crippen molar-refractivity contribution in [1.29, 1.82) is 0 Å². The summed E-state index contributed by atoms with van der Waals surface area (Å²) in [4.78, 5) is 27.8. The number of hydrogen-bond acceptors (Lipinski definition) is 4. The van der Waals surface area contributed by atoms with E-state index in [4.69, 9.17) is 27.9 Å². The van der Waals surface area contributed by atoms with E-state index < -0.39 is 17.7 Å². The fourth-order valence-corrected chi connectivity index (χ4v) is 4.20. The molecule has 0 bridgehead atoms. The normalized spacial score (nSPS) is 17.6. The van der Waals surface area contributed by atoms with E-state index in [9.17, 15) is 14.7 Å². The number of aliphatic hydroxyl groups excluding tert-OH is 1. The van der Waals surface area contributed by atoms with E-state index in [1.54, 1.807) is 42.5 Å². The molecule has 1 fully saturated rings. The molecule has 1 unspecified atom stereocenters. The second-order valence-corrected chi connectivity index (χ2v) is 8.20. The zero-order chi connectivity index (χ0) is 23.0. The van der Waals surface area contributed by atoms with Gasteiger partial charge in [0.05, 0.1) is 23.7 Å². The summed E-state index contributed by atoms with van der Waals surface area (Å²) in [6.07, 6.45) is 0. The van der Waals surface area contributed by atoms with Crippen LogP contribution in [0.15, 0.2) is 72.3 Å². The molecule has 1 N–H and O–H groups in total. The molecule has 1 amide bonds. The number of rotatable bonds is 4. The lowest BCUT2D eigenvalue weighted by Crippen LogP contribution is -2.30. The maximum atomic E-state index is 13.2. The summed E-state index contributed by atoms with van der Waals surface area (Å²) >= 11 is 12.3. The Balaban J connectivity index is 1.97. The molecule has 1 heterocycles. The number of Topliss-reactive ketones (excluding diaryl/α,β-unsaturated/α-hetero) is 1. The molecule has 1 atom stereocenters. The van der Waals surface area contributed by atoms with E-state index in [-0.39, 0.29) is 11.3 Å². The van der Waals surface area contributed by atoms with Crippen LogP contribution in [-0.2, 0) is 9.59 Å². The average Bonchev–Trinajstić information content (AvgIpc) is 3.06. The maximum Gasteiger partial charge on any atom is 0.300 e. The number of aryl methyl sites for hydroxylation is 1. The maximum absolute atomic E-state index is 13.2. The Kier molecular flexibility index (Phi) is 5.96. The molecule has 3 aromatic rings. The van der Waals surface area contributed by atoms with E-state index >= 15 is 0 Å². The SMILES string of the molecule is COc1cc(/C(O)=C2\C(=O)C(=O)N(c3cc(Cl)ccc3C)C2c2ccccc2)ccc1Cl. The minimum atomic E-state index is -0.838. The van der Waals surface area contributed by atoms with Crippen LogP contribution in [0.1, 0.15) is 22.7 Å². The van der Waals surface area contributed by atoms with Gasteiger partial charge in [-0.15, -0.1) is 0 Å². The van der Waals surface area contributed by atoms with Crippen molar-refractivity contribution >= 4 is 46.3 Å². The first-order chi connectivity index (χ1) is 15.3. The summed E-state index contributed by atoms with van der Waals surface area (Å²) in [6.45, 7) is 1.83. The summed E-state index contributed by atoms with van der Waals surface area (Å²) < 4.78 is 5.23. The number of carbonyl (C=O) groups is 2. The summed E-state index contributed by atoms with van der Waals surface area (Å²) in [5, 5.41) is 12.0. The van der Waals surface area contributed by atoms with Crippen molar-refractivity contribution in [3.8, 4) is 5.75 Å². The third-order valence-electron chi connectivity index (χ3n) is 5.42. The molecule has 0 aliphatic carbocycles. The summed E-state index contributed by atoms with van der Waals surface area (Å²) in [5.41, 5.74) is 2.23. The van der Waals surface area contributed by atoms with Gasteiger partial charge in [-0.25, -0.2) is 0 Å². The van der Waals surface area contributed by atoms with Gasteiger partial charge in [0, 0.05) is 16.3 Å². The number of ketones is 1. The summed E-state index contributed by atoms with van der Waals surface area (Å²) in [7, 11) is 1.45. The van der Waals surface area contributed by atoms with Crippen molar-refractivity contribution in [3.05, 3.63) is 99.0 Å². The highest BCUT2D eigenvalue weighted by Gasteiger charge is 2.47. The highest BCUT2D eigenvalue weighted by atomic mass is 35.5. The van der Waals surface area contributed by atoms with Gasteiger partial charge in [0.1, 0.15) is 11.5 Å². The molecule has 162 valence electrons. The van der Waals surface area contributed by atoms with Gasteiger partial charge in [-0.1, -0.05) is 59.6 Å². The van der Waals surface area contributed by atoms with Crippen LogP contribution in [0.25, 0.3) is 5.76 Å². The van der Waals surface area contributed by atoms with Crippen LogP contribution in [0.3, 0.4) is 0 Å². The number of carbonyl (C=O) groups excluding carboxylic acids is 2. The molecular weight excluding hydrogens is 449 g/mol. The molecular formula is C25H19Cl2NO4. The summed E-state index contributed by atoms with van der Waals surface area (Å²) in [6, 6.07) is 18.0. The number of benzene rings is 3. The molecule has 1 aliphatic heterocycles. The van der Waals surface area contributed by atoms with Crippen LogP contribution >= 0.6 is 23.2 Å². The number of ether oxygens (including phenoxy) is 1. The first kappa shape index (κ1) is 21.9. The van der Waals surface area contributed by atoms with Gasteiger partial charge in [0.25, 0.3) is 11.7 Å². The Bertz CT molecular complexity index is 1250. The predicted octanol–water partition coefficient (Wildman–Crippen LogP) is 5.94. The number of nitrogens with zero attached hydrogens (tertiary/aromatic N) is 1. The van der Waals surface area contributed by atoms with Gasteiger partial charge in [-0.2, -0.15) is 0 Å². The first-order valence-electron chi connectivity index (χ1n) is 9.79. The fourth-order valence-electron chi connectivity index (χ4n) is 3.84. The number of anilines is 1. The Labute approximate surface area is 195 Å². The van der Waals surface area contributed by atoms with Crippen molar-refractivity contribution in [2.75, 3.05) is 12.0 Å². The minimum absolute atomic E-state index is 0.0232. The molecule has 5 nitrogen and oxygen atoms in total. The van der Waals surface area contributed by atoms with E-state index in [1.165, 1.54) is 18.1 Å². The van der Waals surface area contributed by atoms with Gasteiger partial charge in [0.15, 0.2) is 0 Å². The lowest BCUT2D eigenvalue weighted by molar-refractivity contribution is -0.132. The predicted molar refractivity (Wildman–Crippen MR) is 125 cm³/mol. The van der Waals surface area contributed by atoms with Gasteiger partial charge >= 0.3 is 0 Å². The van der Waals surface area contributed by atoms with Crippen LogP contribution in [0.2, 0.25) is 10.0 Å². The van der Waals surface area contributed by atoms with Crippen LogP contribution in [0.4, 0.5) is 5.69 Å². The molecule has 7 heteroatoms. The third-order valence-corrected chi connectivity index (χ3v) is 5.96. The van der Waals surface area contributed by atoms with Crippen molar-refractivity contribution in [3.63, 3.8) is 0 Å². The van der Waals surface area contributed by atoms with Gasteiger partial charge in [-0.05, 0) is 48.4 Å². The third kappa shape index (κ3) is 3.74. The average molecular weight is 468 g/mol. The van der Waals surface area contributed by atoms with Gasteiger partial charge < -0.3 is 9.84 Å². The summed E-state index contributed by atoms with van der Waals surface area (Å²) in [5.74, 6) is -1.50. The molecule has 0 spiro atoms. The number of methoxy groups -OCH3 is 1. The van der Waals surface area contributed by atoms with E-state index in [2.05, 4.69) is 0 Å². The largest absolute Gasteiger partial charge is 0.507 e. The van der Waals surface area contributed by atoms with Crippen LogP contribution in [0, 0.1) is 6.92 Å². The topological polar surface area (TPSA) is 66.8 Å². The van der Waals surface area contributed by atoms with Crippen LogP contribution in [-0.4, -0.2) is 23.9 Å². The van der Waals surface area contributed by atoms with Crippen LogP contribution in [0.5, 0.6) is 5.75 Å². The van der Waals surface area contributed by atoms with E-state index in [1.807, 2.05) is 25.1 Å². The zero-order valence-corrected chi connectivity index (χ0v) is 18.8. The number of halogens is 2. The molecule has 0 aromatic heterocycles. The number of aliphatic hydroxyl groups is 1. The highest BCUT2D eigenvalue weighted by Crippen LogP contribution is 2.44. The highest BCUT2D eigenvalue weighted by molar-refractivity contribution is 6.52. The first-order valence-corrected chi connectivity index (χ1v) is 10.5. The van der Waals surface area contributed by atoms with Crippen molar-refractivity contribution in [1.82, 2.24) is 0 Å². The van der Waals surface area contributed by atoms with Crippen molar-refractivity contribution in [2.24, 2.45) is 0 Å². The Morgan fingerprint density at radius 2 is 1.72 bits per heavy atom. The Hall–Kier alpha value is -3.28. The number of amides is 1. The fraction of sp³-hybridized carbons (Fsp3) is 0.120.